The number of alkyl halides is 1. The molecule has 1 fully saturated rings. The molecule has 2 aliphatic rings. The highest BCUT2D eigenvalue weighted by atomic mass is 32.2. The van der Waals surface area contributed by atoms with E-state index in [4.69, 9.17) is 9.73 Å². The molecule has 2 heterocycles. The molecular formula is C23H27FN2O3S. The predicted octanol–water partition coefficient (Wildman–Crippen LogP) is 4.46. The van der Waals surface area contributed by atoms with Crippen molar-refractivity contribution in [2.24, 2.45) is 4.99 Å². The van der Waals surface area contributed by atoms with Gasteiger partial charge >= 0.3 is 0 Å². The molecule has 4 rings (SSSR count). The highest BCUT2D eigenvalue weighted by molar-refractivity contribution is 7.89. The fourth-order valence-corrected chi connectivity index (χ4v) is 5.61. The number of sulfonamides is 1. The van der Waals surface area contributed by atoms with Gasteiger partial charge in [-0.05, 0) is 44.0 Å². The molecule has 0 saturated carbocycles. The van der Waals surface area contributed by atoms with E-state index in [0.717, 1.165) is 11.1 Å². The minimum atomic E-state index is -3.57. The first-order valence-corrected chi connectivity index (χ1v) is 11.8. The molecule has 1 unspecified atom stereocenters. The van der Waals surface area contributed by atoms with Crippen LogP contribution in [0.2, 0.25) is 0 Å². The average Bonchev–Trinajstić information content (AvgIpc) is 2.74. The number of hydrogen-bond acceptors (Lipinski definition) is 4. The fraction of sp³-hybridized carbons (Fsp3) is 0.435. The Hall–Kier alpha value is -2.25. The summed E-state index contributed by atoms with van der Waals surface area (Å²) in [6.45, 7) is 4.30. The fourth-order valence-electron chi connectivity index (χ4n) is 4.17. The number of ether oxygens (including phenoxy) is 1. The largest absolute Gasteiger partial charge is 0.440 e. The van der Waals surface area contributed by atoms with Crippen LogP contribution in [0.5, 0.6) is 0 Å². The van der Waals surface area contributed by atoms with Crippen molar-refractivity contribution in [1.29, 1.82) is 0 Å². The molecule has 1 atom stereocenters. The zero-order chi connectivity index (χ0) is 21.4. The number of benzene rings is 2. The molecule has 0 aromatic heterocycles. The van der Waals surface area contributed by atoms with E-state index in [2.05, 4.69) is 0 Å². The third-order valence-electron chi connectivity index (χ3n) is 6.07. The molecule has 5 nitrogen and oxygen atoms in total. The molecule has 2 aromatic rings. The van der Waals surface area contributed by atoms with Crippen LogP contribution in [0.15, 0.2) is 64.5 Å². The molecule has 7 heteroatoms. The van der Waals surface area contributed by atoms with Crippen molar-refractivity contribution in [3.63, 3.8) is 0 Å². The molecule has 0 aliphatic carbocycles. The van der Waals surface area contributed by atoms with E-state index in [0.29, 0.717) is 31.8 Å². The Kier molecular flexibility index (Phi) is 5.45. The van der Waals surface area contributed by atoms with Crippen molar-refractivity contribution >= 4 is 15.9 Å². The smallest absolute Gasteiger partial charge is 0.252 e. The van der Waals surface area contributed by atoms with E-state index in [1.165, 1.54) is 4.31 Å². The van der Waals surface area contributed by atoms with Crippen LogP contribution in [0.3, 0.4) is 0 Å². The molecule has 1 saturated heterocycles. The van der Waals surface area contributed by atoms with Gasteiger partial charge in [-0.3, -0.25) is 0 Å². The molecule has 0 radical (unpaired) electrons. The lowest BCUT2D eigenvalue weighted by molar-refractivity contribution is -0.114. The van der Waals surface area contributed by atoms with E-state index >= 15 is 4.39 Å². The molecule has 160 valence electrons. The van der Waals surface area contributed by atoms with Crippen LogP contribution in [0, 0.1) is 6.92 Å². The molecule has 30 heavy (non-hydrogen) atoms. The van der Waals surface area contributed by atoms with Gasteiger partial charge in [-0.25, -0.2) is 13.4 Å². The SMILES string of the molecule is CCC1(F)CC2(CCN(S(=O)(=O)c3ccc(C)cc3)CC2)N=C(c2ccccc2)O1. The topological polar surface area (TPSA) is 59.0 Å². The van der Waals surface area contributed by atoms with Gasteiger partial charge < -0.3 is 4.74 Å². The van der Waals surface area contributed by atoms with Crippen LogP contribution in [0.25, 0.3) is 0 Å². The monoisotopic (exact) mass is 430 g/mol. The summed E-state index contributed by atoms with van der Waals surface area (Å²) in [6.07, 6.45) is 1.28. The molecule has 1 spiro atoms. The lowest BCUT2D eigenvalue weighted by Gasteiger charge is -2.45. The maximum Gasteiger partial charge on any atom is 0.252 e. The Bertz CT molecular complexity index is 1030. The van der Waals surface area contributed by atoms with Crippen molar-refractivity contribution in [2.75, 3.05) is 13.1 Å². The van der Waals surface area contributed by atoms with Gasteiger partial charge in [0, 0.05) is 31.5 Å². The van der Waals surface area contributed by atoms with Gasteiger partial charge in [0.1, 0.15) is 0 Å². The van der Waals surface area contributed by atoms with Crippen molar-refractivity contribution < 1.29 is 17.5 Å². The average molecular weight is 431 g/mol. The van der Waals surface area contributed by atoms with Crippen LogP contribution in [0.4, 0.5) is 4.39 Å². The Morgan fingerprint density at radius 1 is 1.07 bits per heavy atom. The quantitative estimate of drug-likeness (QED) is 0.720. The lowest BCUT2D eigenvalue weighted by atomic mass is 9.81. The van der Waals surface area contributed by atoms with Gasteiger partial charge in [0.05, 0.1) is 10.4 Å². The Labute approximate surface area is 177 Å². The van der Waals surface area contributed by atoms with Gasteiger partial charge in [0.2, 0.25) is 15.9 Å². The first-order valence-electron chi connectivity index (χ1n) is 10.4. The van der Waals surface area contributed by atoms with E-state index in [1.54, 1.807) is 31.2 Å². The predicted molar refractivity (Wildman–Crippen MR) is 115 cm³/mol. The molecule has 0 amide bonds. The van der Waals surface area contributed by atoms with Crippen molar-refractivity contribution in [3.8, 4) is 0 Å². The number of aliphatic imine (C=N–C) groups is 1. The minimum Gasteiger partial charge on any atom is -0.440 e. The van der Waals surface area contributed by atoms with Gasteiger partial charge in [-0.15, -0.1) is 0 Å². The normalized spacial score (nSPS) is 24.3. The summed E-state index contributed by atoms with van der Waals surface area (Å²) in [4.78, 5) is 5.11. The second-order valence-corrected chi connectivity index (χ2v) is 10.2. The van der Waals surface area contributed by atoms with E-state index in [9.17, 15) is 8.42 Å². The Morgan fingerprint density at radius 3 is 2.30 bits per heavy atom. The van der Waals surface area contributed by atoms with Crippen molar-refractivity contribution in [1.82, 2.24) is 4.31 Å². The third-order valence-corrected chi connectivity index (χ3v) is 7.98. The first kappa shape index (κ1) is 21.0. The second-order valence-electron chi connectivity index (χ2n) is 8.24. The third kappa shape index (κ3) is 4.01. The number of nitrogens with zero attached hydrogens (tertiary/aromatic N) is 2. The standard InChI is InChI=1S/C23H27FN2O3S/c1-3-23(24)17-22(25-21(29-23)19-7-5-4-6-8-19)13-15-26(16-14-22)30(27,28)20-11-9-18(2)10-12-20/h4-12H,3,13-17H2,1-2H3. The number of piperidine rings is 1. The first-order chi connectivity index (χ1) is 14.3. The summed E-state index contributed by atoms with van der Waals surface area (Å²) in [5.41, 5.74) is 1.09. The van der Waals surface area contributed by atoms with Crippen LogP contribution in [-0.4, -0.2) is 43.1 Å². The zero-order valence-corrected chi connectivity index (χ0v) is 18.2. The Balaban J connectivity index is 1.59. The van der Waals surface area contributed by atoms with E-state index in [1.807, 2.05) is 37.3 Å². The molecular weight excluding hydrogens is 403 g/mol. The molecule has 2 aromatic carbocycles. The summed E-state index contributed by atoms with van der Waals surface area (Å²) in [7, 11) is -3.57. The van der Waals surface area contributed by atoms with Gasteiger partial charge in [0.15, 0.2) is 0 Å². The van der Waals surface area contributed by atoms with Crippen molar-refractivity contribution in [3.05, 3.63) is 65.7 Å². The summed E-state index contributed by atoms with van der Waals surface area (Å²) >= 11 is 0. The molecule has 0 N–H and O–H groups in total. The second kappa shape index (κ2) is 7.78. The summed E-state index contributed by atoms with van der Waals surface area (Å²) < 4.78 is 48.7. The minimum absolute atomic E-state index is 0.144. The molecule has 2 aliphatic heterocycles. The number of halogens is 1. The summed E-state index contributed by atoms with van der Waals surface area (Å²) in [6, 6.07) is 16.2. The van der Waals surface area contributed by atoms with Gasteiger partial charge in [-0.1, -0.05) is 42.8 Å². The lowest BCUT2D eigenvalue weighted by Crippen LogP contribution is -2.52. The van der Waals surface area contributed by atoms with Crippen molar-refractivity contribution in [2.45, 2.75) is 55.8 Å². The number of hydrogen-bond donors (Lipinski definition) is 0. The highest BCUT2D eigenvalue weighted by Crippen LogP contribution is 2.43. The van der Waals surface area contributed by atoms with Crippen LogP contribution < -0.4 is 0 Å². The van der Waals surface area contributed by atoms with Gasteiger partial charge in [0.25, 0.3) is 5.85 Å². The van der Waals surface area contributed by atoms with Gasteiger partial charge in [-0.2, -0.15) is 8.70 Å². The summed E-state index contributed by atoms with van der Waals surface area (Å²) in [5, 5.41) is 0. The molecule has 0 bridgehead atoms. The van der Waals surface area contributed by atoms with E-state index < -0.39 is 21.4 Å². The maximum absolute atomic E-state index is 15.5. The van der Waals surface area contributed by atoms with E-state index in [-0.39, 0.29) is 17.7 Å². The van der Waals surface area contributed by atoms with Crippen LogP contribution >= 0.6 is 0 Å². The summed E-state index contributed by atoms with van der Waals surface area (Å²) in [5.74, 6) is -1.49. The number of rotatable bonds is 4. The zero-order valence-electron chi connectivity index (χ0n) is 17.3. The highest BCUT2D eigenvalue weighted by Gasteiger charge is 2.49. The Morgan fingerprint density at radius 2 is 1.70 bits per heavy atom. The maximum atomic E-state index is 15.5. The van der Waals surface area contributed by atoms with Crippen LogP contribution in [-0.2, 0) is 14.8 Å². The van der Waals surface area contributed by atoms with Crippen LogP contribution in [0.1, 0.15) is 43.7 Å². The number of aryl methyl sites for hydroxylation is 1.